The molecular formula is C18H25FN4O. The van der Waals surface area contributed by atoms with Crippen LogP contribution in [0.2, 0.25) is 0 Å². The summed E-state index contributed by atoms with van der Waals surface area (Å²) in [6.45, 7) is 3.77. The molecule has 2 heterocycles. The van der Waals surface area contributed by atoms with Gasteiger partial charge < -0.3 is 4.74 Å². The van der Waals surface area contributed by atoms with Crippen LogP contribution >= 0.6 is 0 Å². The fourth-order valence-electron chi connectivity index (χ4n) is 3.57. The number of methoxy groups -OCH3 is 1. The van der Waals surface area contributed by atoms with E-state index in [0.29, 0.717) is 12.5 Å². The Hall–Kier alpha value is -1.95. The molecule has 130 valence electrons. The van der Waals surface area contributed by atoms with Crippen molar-refractivity contribution in [3.63, 3.8) is 0 Å². The summed E-state index contributed by atoms with van der Waals surface area (Å²) in [4.78, 5) is 6.76. The molecule has 0 N–H and O–H groups in total. The number of likely N-dealkylation sites (tertiary alicyclic amines) is 1. The smallest absolute Gasteiger partial charge is 0.141 e. The van der Waals surface area contributed by atoms with Crippen molar-refractivity contribution in [2.24, 2.45) is 5.92 Å². The largest absolute Gasteiger partial charge is 0.496 e. The van der Waals surface area contributed by atoms with Gasteiger partial charge >= 0.3 is 0 Å². The predicted octanol–water partition coefficient (Wildman–Crippen LogP) is 3.23. The minimum absolute atomic E-state index is 0.262. The molecule has 0 saturated carbocycles. The van der Waals surface area contributed by atoms with Gasteiger partial charge in [-0.05, 0) is 24.8 Å². The summed E-state index contributed by atoms with van der Waals surface area (Å²) in [5.41, 5.74) is 1.21. The molecule has 2 atom stereocenters. The number of piperidine rings is 1. The third-order valence-corrected chi connectivity index (χ3v) is 4.75. The molecular weight excluding hydrogens is 307 g/mol. The summed E-state index contributed by atoms with van der Waals surface area (Å²) in [5.74, 6) is 2.38. The Bertz CT molecular complexity index is 660. The summed E-state index contributed by atoms with van der Waals surface area (Å²) in [7, 11) is 1.71. The second-order valence-corrected chi connectivity index (χ2v) is 6.46. The van der Waals surface area contributed by atoms with Crippen LogP contribution in [-0.2, 0) is 13.1 Å². The van der Waals surface area contributed by atoms with Gasteiger partial charge in [0.05, 0.1) is 20.2 Å². The van der Waals surface area contributed by atoms with E-state index in [9.17, 15) is 4.39 Å². The minimum atomic E-state index is -0.428. The molecule has 2 aromatic rings. The van der Waals surface area contributed by atoms with E-state index in [1.54, 1.807) is 11.8 Å². The van der Waals surface area contributed by atoms with Crippen LogP contribution < -0.4 is 4.74 Å². The highest BCUT2D eigenvalue weighted by molar-refractivity contribution is 5.36. The highest BCUT2D eigenvalue weighted by Crippen LogP contribution is 2.38. The third-order valence-electron chi connectivity index (χ3n) is 4.75. The van der Waals surface area contributed by atoms with Gasteiger partial charge in [-0.25, -0.2) is 14.1 Å². The average molecular weight is 332 g/mol. The van der Waals surface area contributed by atoms with Gasteiger partial charge in [0, 0.05) is 18.2 Å². The van der Waals surface area contributed by atoms with E-state index >= 15 is 0 Å². The van der Waals surface area contributed by atoms with Gasteiger partial charge in [0.25, 0.3) is 0 Å². The van der Waals surface area contributed by atoms with Crippen LogP contribution in [0.4, 0.5) is 4.39 Å². The van der Waals surface area contributed by atoms with Gasteiger partial charge in [-0.3, -0.25) is 4.90 Å². The topological polar surface area (TPSA) is 43.2 Å². The lowest BCUT2D eigenvalue weighted by atomic mass is 9.89. The van der Waals surface area contributed by atoms with E-state index in [0.717, 1.165) is 24.5 Å². The Balaban J connectivity index is 1.85. The highest BCUT2D eigenvalue weighted by Gasteiger charge is 2.30. The maximum absolute atomic E-state index is 12.7. The van der Waals surface area contributed by atoms with Crippen molar-refractivity contribution in [1.82, 2.24) is 19.7 Å². The second-order valence-electron chi connectivity index (χ2n) is 6.46. The van der Waals surface area contributed by atoms with Crippen LogP contribution in [0.15, 0.2) is 30.6 Å². The number of alkyl halides is 1. The number of benzene rings is 1. The monoisotopic (exact) mass is 332 g/mol. The zero-order chi connectivity index (χ0) is 16.9. The second kappa shape index (κ2) is 7.75. The summed E-state index contributed by atoms with van der Waals surface area (Å²) < 4.78 is 19.9. The van der Waals surface area contributed by atoms with Gasteiger partial charge in [-0.15, -0.1) is 0 Å². The van der Waals surface area contributed by atoms with Crippen LogP contribution in [0, 0.1) is 5.92 Å². The van der Waals surface area contributed by atoms with E-state index < -0.39 is 6.67 Å². The van der Waals surface area contributed by atoms with Crippen LogP contribution in [0.1, 0.15) is 37.2 Å². The number of ether oxygens (including phenoxy) is 1. The van der Waals surface area contributed by atoms with Crippen molar-refractivity contribution < 1.29 is 9.13 Å². The number of hydrogen-bond donors (Lipinski definition) is 0. The Labute approximate surface area is 142 Å². The molecule has 0 bridgehead atoms. The van der Waals surface area contributed by atoms with E-state index in [4.69, 9.17) is 4.74 Å². The average Bonchev–Trinajstić information content (AvgIpc) is 3.02. The molecule has 1 saturated heterocycles. The zero-order valence-electron chi connectivity index (χ0n) is 14.4. The molecule has 6 heteroatoms. The number of aryl methyl sites for hydroxylation is 1. The van der Waals surface area contributed by atoms with Gasteiger partial charge in [-0.2, -0.15) is 5.10 Å². The van der Waals surface area contributed by atoms with Crippen LogP contribution in [0.3, 0.4) is 0 Å². The normalized spacial score (nSPS) is 21.8. The fourth-order valence-corrected chi connectivity index (χ4v) is 3.57. The number of nitrogens with zero attached hydrogens (tertiary/aromatic N) is 4. The molecule has 0 radical (unpaired) electrons. The fraction of sp³-hybridized carbons (Fsp3) is 0.556. The summed E-state index contributed by atoms with van der Waals surface area (Å²) in [6.07, 6.45) is 3.78. The Morgan fingerprint density at radius 3 is 2.92 bits per heavy atom. The van der Waals surface area contributed by atoms with Gasteiger partial charge in [-0.1, -0.05) is 25.1 Å². The molecule has 5 nitrogen and oxygen atoms in total. The first-order chi connectivity index (χ1) is 11.7. The van der Waals surface area contributed by atoms with Crippen molar-refractivity contribution in [1.29, 1.82) is 0 Å². The molecule has 3 rings (SSSR count). The molecule has 0 spiro atoms. The van der Waals surface area contributed by atoms with E-state index in [-0.39, 0.29) is 12.6 Å². The van der Waals surface area contributed by atoms with Crippen LogP contribution in [0.25, 0.3) is 0 Å². The summed E-state index contributed by atoms with van der Waals surface area (Å²) in [5, 5.41) is 4.14. The lowest BCUT2D eigenvalue weighted by Crippen LogP contribution is -2.37. The molecule has 0 amide bonds. The van der Waals surface area contributed by atoms with Crippen molar-refractivity contribution in [3.05, 3.63) is 42.0 Å². The molecule has 1 aliphatic rings. The van der Waals surface area contributed by atoms with Crippen LogP contribution in [0.5, 0.6) is 5.75 Å². The maximum atomic E-state index is 12.7. The Morgan fingerprint density at radius 1 is 1.29 bits per heavy atom. The van der Waals surface area contributed by atoms with Crippen molar-refractivity contribution in [2.45, 2.75) is 38.9 Å². The Morgan fingerprint density at radius 2 is 2.12 bits per heavy atom. The molecule has 1 aliphatic heterocycles. The molecule has 0 unspecified atom stereocenters. The summed E-state index contributed by atoms with van der Waals surface area (Å²) in [6, 6.07) is 8.49. The van der Waals surface area contributed by atoms with Crippen molar-refractivity contribution >= 4 is 0 Å². The quantitative estimate of drug-likeness (QED) is 0.814. The SMILES string of the molecule is COc1ccccc1[C@@H]1CC[C@H](C)CN1Cc1ncnn1CCF. The van der Waals surface area contributed by atoms with E-state index in [2.05, 4.69) is 34.0 Å². The molecule has 1 aromatic carbocycles. The summed E-state index contributed by atoms with van der Waals surface area (Å²) >= 11 is 0. The maximum Gasteiger partial charge on any atom is 0.141 e. The highest BCUT2D eigenvalue weighted by atomic mass is 19.1. The zero-order valence-corrected chi connectivity index (χ0v) is 14.4. The third kappa shape index (κ3) is 3.59. The number of halogens is 1. The van der Waals surface area contributed by atoms with E-state index in [1.165, 1.54) is 18.3 Å². The molecule has 1 fully saturated rings. The molecule has 24 heavy (non-hydrogen) atoms. The van der Waals surface area contributed by atoms with Crippen molar-refractivity contribution in [2.75, 3.05) is 20.3 Å². The Kier molecular flexibility index (Phi) is 5.45. The standard InChI is InChI=1S/C18H25FN4O/c1-14-7-8-16(15-5-3-4-6-17(15)24-2)22(11-14)12-18-20-13-21-23(18)10-9-19/h3-6,13-14,16H,7-12H2,1-2H3/t14-,16-/m0/s1. The number of hydrogen-bond acceptors (Lipinski definition) is 4. The van der Waals surface area contributed by atoms with Gasteiger partial charge in [0.1, 0.15) is 24.6 Å². The molecule has 1 aromatic heterocycles. The lowest BCUT2D eigenvalue weighted by molar-refractivity contribution is 0.0993. The number of aromatic nitrogens is 3. The first-order valence-corrected chi connectivity index (χ1v) is 8.52. The van der Waals surface area contributed by atoms with Crippen LogP contribution in [-0.4, -0.2) is 40.0 Å². The lowest BCUT2D eigenvalue weighted by Gasteiger charge is -2.39. The van der Waals surface area contributed by atoms with Gasteiger partial charge in [0.2, 0.25) is 0 Å². The van der Waals surface area contributed by atoms with E-state index in [1.807, 2.05) is 12.1 Å². The number of rotatable bonds is 6. The molecule has 0 aliphatic carbocycles. The van der Waals surface area contributed by atoms with Crippen molar-refractivity contribution in [3.8, 4) is 5.75 Å². The minimum Gasteiger partial charge on any atom is -0.496 e. The first kappa shape index (κ1) is 16.9. The predicted molar refractivity (Wildman–Crippen MR) is 90.5 cm³/mol. The van der Waals surface area contributed by atoms with Gasteiger partial charge in [0.15, 0.2) is 0 Å². The first-order valence-electron chi connectivity index (χ1n) is 8.52. The number of para-hydroxylation sites is 1.